The summed E-state index contributed by atoms with van der Waals surface area (Å²) in [6, 6.07) is 6.09. The standard InChI is InChI=1S/C27H29ClF2N8O4/c1-2-41-24(40)14-32-18-6-10-36(11-7-18)23(39)16-37-15-21(34-20-13-33-38-9-3-8-31-26(20)38)25(35-37)19-12-17(28)4-5-22(19)42-27(29)30/h3-5,8-9,12-13,15,18,27,32,34H,2,6-7,10-11,14,16H2,1H3. The minimum atomic E-state index is -3.07. The molecule has 0 aliphatic carbocycles. The van der Waals surface area contributed by atoms with E-state index in [9.17, 15) is 18.4 Å². The molecule has 0 unspecified atom stereocenters. The van der Waals surface area contributed by atoms with Gasteiger partial charge in [0.25, 0.3) is 0 Å². The molecule has 4 aromatic rings. The SMILES string of the molecule is CCOC(=O)CNC1CCN(C(=O)Cn2cc(Nc3cnn4cccnc34)c(-c3cc(Cl)ccc3OC(F)F)n2)CC1. The number of esters is 1. The second kappa shape index (κ2) is 13.1. The average molecular weight is 603 g/mol. The molecular weight excluding hydrogens is 574 g/mol. The summed E-state index contributed by atoms with van der Waals surface area (Å²) in [4.78, 5) is 30.9. The molecule has 4 heterocycles. The Labute approximate surface area is 244 Å². The second-order valence-corrected chi connectivity index (χ2v) is 9.96. The van der Waals surface area contributed by atoms with Gasteiger partial charge in [-0.25, -0.2) is 9.50 Å². The number of likely N-dealkylation sites (tertiary alicyclic amines) is 1. The Morgan fingerprint density at radius 2 is 2.02 bits per heavy atom. The molecule has 15 heteroatoms. The number of nitrogens with one attached hydrogen (secondary N) is 2. The van der Waals surface area contributed by atoms with Crippen LogP contribution in [0.25, 0.3) is 16.9 Å². The maximum absolute atomic E-state index is 13.2. The molecule has 1 aromatic carbocycles. The Hall–Kier alpha value is -4.30. The normalized spacial score (nSPS) is 14.0. The maximum Gasteiger partial charge on any atom is 0.387 e. The second-order valence-electron chi connectivity index (χ2n) is 9.52. The maximum atomic E-state index is 13.2. The molecule has 1 amide bonds. The Morgan fingerprint density at radius 1 is 1.21 bits per heavy atom. The van der Waals surface area contributed by atoms with Crippen molar-refractivity contribution >= 4 is 40.5 Å². The summed E-state index contributed by atoms with van der Waals surface area (Å²) in [7, 11) is 0. The molecule has 42 heavy (non-hydrogen) atoms. The molecule has 222 valence electrons. The zero-order valence-corrected chi connectivity index (χ0v) is 23.4. The third-order valence-electron chi connectivity index (χ3n) is 6.71. The number of carbonyl (C=O) groups is 2. The van der Waals surface area contributed by atoms with Gasteiger partial charge in [0.05, 0.1) is 25.0 Å². The Balaban J connectivity index is 1.36. The number of benzene rings is 1. The van der Waals surface area contributed by atoms with Crippen LogP contribution in [0.5, 0.6) is 5.75 Å². The van der Waals surface area contributed by atoms with Crippen LogP contribution >= 0.6 is 11.6 Å². The largest absolute Gasteiger partial charge is 0.465 e. The third kappa shape index (κ3) is 6.94. The number of hydrogen-bond acceptors (Lipinski definition) is 9. The number of rotatable bonds is 11. The Bertz CT molecular complexity index is 1550. The highest BCUT2D eigenvalue weighted by molar-refractivity contribution is 6.31. The summed E-state index contributed by atoms with van der Waals surface area (Å²) in [5.41, 5.74) is 1.94. The molecule has 0 saturated carbocycles. The number of nitrogens with zero attached hydrogens (tertiary/aromatic N) is 6. The number of aromatic nitrogens is 5. The van der Waals surface area contributed by atoms with Gasteiger partial charge in [0, 0.05) is 48.3 Å². The molecule has 0 bridgehead atoms. The first-order chi connectivity index (χ1) is 20.3. The van der Waals surface area contributed by atoms with Gasteiger partial charge in [0.1, 0.15) is 23.7 Å². The fourth-order valence-corrected chi connectivity index (χ4v) is 4.92. The van der Waals surface area contributed by atoms with Crippen molar-refractivity contribution in [3.05, 3.63) is 54.1 Å². The smallest absolute Gasteiger partial charge is 0.387 e. The van der Waals surface area contributed by atoms with Crippen LogP contribution in [-0.4, -0.2) is 80.0 Å². The van der Waals surface area contributed by atoms with E-state index in [4.69, 9.17) is 21.1 Å². The van der Waals surface area contributed by atoms with E-state index in [-0.39, 0.29) is 48.0 Å². The van der Waals surface area contributed by atoms with Gasteiger partial charge in [-0.05, 0) is 44.0 Å². The van der Waals surface area contributed by atoms with Gasteiger partial charge < -0.3 is 25.0 Å². The van der Waals surface area contributed by atoms with Crippen LogP contribution in [0.4, 0.5) is 20.2 Å². The Morgan fingerprint density at radius 3 is 2.79 bits per heavy atom. The van der Waals surface area contributed by atoms with Gasteiger partial charge in [0.2, 0.25) is 5.91 Å². The highest BCUT2D eigenvalue weighted by Gasteiger charge is 2.25. The van der Waals surface area contributed by atoms with Gasteiger partial charge in [0.15, 0.2) is 5.65 Å². The molecule has 3 aromatic heterocycles. The molecule has 5 rings (SSSR count). The Kier molecular flexibility index (Phi) is 9.12. The minimum absolute atomic E-state index is 0.0891. The lowest BCUT2D eigenvalue weighted by molar-refractivity contribution is -0.142. The average Bonchev–Trinajstić information content (AvgIpc) is 3.57. The van der Waals surface area contributed by atoms with Crippen LogP contribution in [0.3, 0.4) is 0 Å². The van der Waals surface area contributed by atoms with Crippen LogP contribution in [0.2, 0.25) is 5.02 Å². The highest BCUT2D eigenvalue weighted by Crippen LogP contribution is 2.38. The summed E-state index contributed by atoms with van der Waals surface area (Å²) in [5, 5.41) is 15.5. The summed E-state index contributed by atoms with van der Waals surface area (Å²) in [6.45, 7) is 0.0684. The predicted molar refractivity (Wildman–Crippen MR) is 150 cm³/mol. The third-order valence-corrected chi connectivity index (χ3v) is 6.94. The van der Waals surface area contributed by atoms with Crippen LogP contribution in [0.15, 0.2) is 49.1 Å². The molecule has 0 spiro atoms. The molecule has 1 saturated heterocycles. The number of alkyl halides is 2. The first-order valence-corrected chi connectivity index (χ1v) is 13.7. The summed E-state index contributed by atoms with van der Waals surface area (Å²) in [5.74, 6) is -0.590. The van der Waals surface area contributed by atoms with E-state index in [0.717, 1.165) is 0 Å². The van der Waals surface area contributed by atoms with Crippen molar-refractivity contribution in [1.29, 1.82) is 0 Å². The van der Waals surface area contributed by atoms with Crippen LogP contribution in [0, 0.1) is 0 Å². The number of anilines is 2. The zero-order valence-electron chi connectivity index (χ0n) is 22.7. The summed E-state index contributed by atoms with van der Waals surface area (Å²) in [6.07, 6.45) is 7.90. The number of fused-ring (bicyclic) bond motifs is 1. The lowest BCUT2D eigenvalue weighted by atomic mass is 10.1. The van der Waals surface area contributed by atoms with Gasteiger partial charge in [-0.3, -0.25) is 14.3 Å². The lowest BCUT2D eigenvalue weighted by Crippen LogP contribution is -2.47. The van der Waals surface area contributed by atoms with Crippen molar-refractivity contribution in [3.63, 3.8) is 0 Å². The van der Waals surface area contributed by atoms with Crippen molar-refractivity contribution in [2.45, 2.75) is 39.0 Å². The van der Waals surface area contributed by atoms with Gasteiger partial charge in [-0.2, -0.15) is 19.0 Å². The molecule has 0 radical (unpaired) electrons. The van der Waals surface area contributed by atoms with E-state index < -0.39 is 6.61 Å². The van der Waals surface area contributed by atoms with Gasteiger partial charge in [-0.15, -0.1) is 0 Å². The summed E-state index contributed by atoms with van der Waals surface area (Å²) < 4.78 is 39.2. The molecule has 12 nitrogen and oxygen atoms in total. The fourth-order valence-electron chi connectivity index (χ4n) is 4.75. The van der Waals surface area contributed by atoms with E-state index in [2.05, 4.69) is 25.8 Å². The van der Waals surface area contributed by atoms with E-state index in [1.54, 1.807) is 47.2 Å². The van der Waals surface area contributed by atoms with Crippen LogP contribution < -0.4 is 15.4 Å². The first kappa shape index (κ1) is 29.2. The molecule has 1 fully saturated rings. The van der Waals surface area contributed by atoms with E-state index >= 15 is 0 Å². The summed E-state index contributed by atoms with van der Waals surface area (Å²) >= 11 is 6.22. The first-order valence-electron chi connectivity index (χ1n) is 13.3. The molecule has 2 N–H and O–H groups in total. The van der Waals surface area contributed by atoms with Crippen LogP contribution in [0.1, 0.15) is 19.8 Å². The highest BCUT2D eigenvalue weighted by atomic mass is 35.5. The van der Waals surface area contributed by atoms with Gasteiger partial charge >= 0.3 is 12.6 Å². The molecular formula is C27H29ClF2N8O4. The lowest BCUT2D eigenvalue weighted by Gasteiger charge is -2.32. The zero-order chi connectivity index (χ0) is 29.6. The predicted octanol–water partition coefficient (Wildman–Crippen LogP) is 3.73. The molecule has 1 aliphatic rings. The topological polar surface area (TPSA) is 128 Å². The number of hydrogen-bond donors (Lipinski definition) is 2. The number of piperidine rings is 1. The van der Waals surface area contributed by atoms with E-state index in [1.165, 1.54) is 22.9 Å². The van der Waals surface area contributed by atoms with Crippen molar-refractivity contribution in [1.82, 2.24) is 34.6 Å². The van der Waals surface area contributed by atoms with Gasteiger partial charge in [-0.1, -0.05) is 11.6 Å². The van der Waals surface area contributed by atoms with E-state index in [0.29, 0.717) is 54.6 Å². The number of halogens is 3. The van der Waals surface area contributed by atoms with Crippen molar-refractivity contribution in [2.24, 2.45) is 0 Å². The van der Waals surface area contributed by atoms with E-state index in [1.807, 2.05) is 0 Å². The minimum Gasteiger partial charge on any atom is -0.465 e. The van der Waals surface area contributed by atoms with Crippen molar-refractivity contribution < 1.29 is 27.8 Å². The fraction of sp³-hybridized carbons (Fsp3) is 0.370. The quantitative estimate of drug-likeness (QED) is 0.247. The molecule has 1 aliphatic heterocycles. The van der Waals surface area contributed by atoms with Crippen molar-refractivity contribution in [2.75, 3.05) is 31.6 Å². The number of ether oxygens (including phenoxy) is 2. The van der Waals surface area contributed by atoms with Crippen molar-refractivity contribution in [3.8, 4) is 17.0 Å². The molecule has 0 atom stereocenters. The monoisotopic (exact) mass is 602 g/mol. The number of amides is 1. The number of carbonyl (C=O) groups excluding carboxylic acids is 2. The van der Waals surface area contributed by atoms with Crippen LogP contribution in [-0.2, 0) is 20.9 Å².